The van der Waals surface area contributed by atoms with Crippen molar-refractivity contribution < 1.29 is 0 Å². The molecule has 1 unspecified atom stereocenters. The summed E-state index contributed by atoms with van der Waals surface area (Å²) in [7, 11) is 0. The van der Waals surface area contributed by atoms with Crippen LogP contribution in [0.25, 0.3) is 28.3 Å². The zero-order valence-electron chi connectivity index (χ0n) is 30.2. The highest BCUT2D eigenvalue weighted by atomic mass is 15.2. The number of aromatic nitrogens is 1. The molecule has 1 aliphatic heterocycles. The number of rotatable bonds is 6. The Kier molecular flexibility index (Phi) is 7.59. The molecule has 0 saturated heterocycles. The fourth-order valence-corrected chi connectivity index (χ4v) is 8.59. The van der Waals surface area contributed by atoms with Crippen molar-refractivity contribution in [2.24, 2.45) is 0 Å². The first-order valence-electron chi connectivity index (χ1n) is 18.3. The Labute approximate surface area is 307 Å². The Hall–Kier alpha value is -5.99. The average Bonchev–Trinajstić information content (AvgIpc) is 3.42. The van der Waals surface area contributed by atoms with Crippen molar-refractivity contribution >= 4 is 23.3 Å². The van der Waals surface area contributed by atoms with Crippen molar-refractivity contribution in [3.63, 3.8) is 0 Å². The standard InChI is InChI=1S/C50H42N2/c1-49(2)42-20-12-11-19-40(42)41-28-25-37(32-44(41)49)39(36-17-9-6-10-18-36)27-23-34-24-29-47-45(31-34)50(3,4)43-21-13-14-22-46(43)52(47)48-30-26-38(33-51-48)35-15-7-5-8-16-35/h5-33,39H,1-4H3/b27-23+. The Balaban J connectivity index is 1.11. The molecule has 1 aliphatic carbocycles. The maximum absolute atomic E-state index is 5.03. The molecule has 0 radical (unpaired) electrons. The summed E-state index contributed by atoms with van der Waals surface area (Å²) in [5.41, 5.74) is 16.3. The molecule has 6 aromatic carbocycles. The Morgan fingerprint density at radius 2 is 1.15 bits per heavy atom. The number of hydrogen-bond acceptors (Lipinski definition) is 2. The maximum atomic E-state index is 5.03. The second-order valence-electron chi connectivity index (χ2n) is 15.2. The van der Waals surface area contributed by atoms with Crippen LogP contribution in [0.3, 0.4) is 0 Å². The zero-order valence-corrected chi connectivity index (χ0v) is 30.2. The summed E-state index contributed by atoms with van der Waals surface area (Å²) in [5, 5.41) is 0. The number of pyridine rings is 1. The monoisotopic (exact) mass is 670 g/mol. The third-order valence-corrected chi connectivity index (χ3v) is 11.4. The molecule has 2 nitrogen and oxygen atoms in total. The van der Waals surface area contributed by atoms with Gasteiger partial charge >= 0.3 is 0 Å². The van der Waals surface area contributed by atoms with Crippen molar-refractivity contribution in [2.75, 3.05) is 4.90 Å². The average molecular weight is 671 g/mol. The third-order valence-electron chi connectivity index (χ3n) is 11.4. The maximum Gasteiger partial charge on any atom is 0.137 e. The van der Waals surface area contributed by atoms with Crippen LogP contribution in [-0.2, 0) is 10.8 Å². The molecule has 1 atom stereocenters. The lowest BCUT2D eigenvalue weighted by atomic mass is 9.73. The van der Waals surface area contributed by atoms with Gasteiger partial charge in [0.2, 0.25) is 0 Å². The molecule has 0 spiro atoms. The first-order chi connectivity index (χ1) is 25.3. The van der Waals surface area contributed by atoms with Gasteiger partial charge < -0.3 is 0 Å². The molecule has 2 heterocycles. The minimum Gasteiger partial charge on any atom is -0.294 e. The molecule has 0 amide bonds. The lowest BCUT2D eigenvalue weighted by Crippen LogP contribution is -2.31. The van der Waals surface area contributed by atoms with Crippen LogP contribution >= 0.6 is 0 Å². The Morgan fingerprint density at radius 3 is 1.92 bits per heavy atom. The van der Waals surface area contributed by atoms with Crippen LogP contribution < -0.4 is 4.90 Å². The minimum absolute atomic E-state index is 0.0458. The Morgan fingerprint density at radius 1 is 0.500 bits per heavy atom. The largest absolute Gasteiger partial charge is 0.294 e. The highest BCUT2D eigenvalue weighted by molar-refractivity contribution is 5.86. The molecule has 1 aromatic heterocycles. The van der Waals surface area contributed by atoms with Crippen molar-refractivity contribution in [3.8, 4) is 22.3 Å². The van der Waals surface area contributed by atoms with Crippen molar-refractivity contribution in [1.82, 2.24) is 4.98 Å². The Bertz CT molecular complexity index is 2450. The van der Waals surface area contributed by atoms with Crippen LogP contribution in [0.4, 0.5) is 17.2 Å². The van der Waals surface area contributed by atoms with Crippen LogP contribution in [0.2, 0.25) is 0 Å². The molecule has 2 heteroatoms. The molecule has 0 N–H and O–H groups in total. The first kappa shape index (κ1) is 32.0. The third kappa shape index (κ3) is 5.21. The predicted molar refractivity (Wildman–Crippen MR) is 218 cm³/mol. The van der Waals surface area contributed by atoms with Crippen molar-refractivity contribution in [3.05, 3.63) is 209 Å². The molecular formula is C50H42N2. The summed E-state index contributed by atoms with van der Waals surface area (Å²) < 4.78 is 0. The topological polar surface area (TPSA) is 16.1 Å². The normalized spacial score (nSPS) is 15.4. The molecule has 2 aliphatic rings. The second kappa shape index (κ2) is 12.4. The summed E-state index contributed by atoms with van der Waals surface area (Å²) in [4.78, 5) is 7.36. The molecule has 52 heavy (non-hydrogen) atoms. The van der Waals surface area contributed by atoms with Gasteiger partial charge in [-0.1, -0.05) is 167 Å². The quantitative estimate of drug-likeness (QED) is 0.175. The van der Waals surface area contributed by atoms with Crippen LogP contribution in [0.1, 0.15) is 72.6 Å². The molecule has 9 rings (SSSR count). The van der Waals surface area contributed by atoms with Gasteiger partial charge in [0, 0.05) is 28.5 Å². The van der Waals surface area contributed by atoms with Gasteiger partial charge in [0.15, 0.2) is 0 Å². The summed E-state index contributed by atoms with van der Waals surface area (Å²) in [6, 6.07) is 57.4. The van der Waals surface area contributed by atoms with Crippen molar-refractivity contribution in [1.29, 1.82) is 0 Å². The smallest absolute Gasteiger partial charge is 0.137 e. The van der Waals surface area contributed by atoms with Gasteiger partial charge in [0.05, 0.1) is 11.4 Å². The van der Waals surface area contributed by atoms with E-state index in [-0.39, 0.29) is 16.7 Å². The minimum atomic E-state index is -0.199. The lowest BCUT2D eigenvalue weighted by Gasteiger charge is -2.41. The summed E-state index contributed by atoms with van der Waals surface area (Å²) in [6.45, 7) is 9.41. The molecular weight excluding hydrogens is 629 g/mol. The van der Waals surface area contributed by atoms with E-state index < -0.39 is 0 Å². The number of fused-ring (bicyclic) bond motifs is 5. The van der Waals surface area contributed by atoms with Gasteiger partial charge in [0.25, 0.3) is 0 Å². The zero-order chi connectivity index (χ0) is 35.5. The number of benzene rings is 6. The van der Waals surface area contributed by atoms with E-state index in [2.05, 4.69) is 196 Å². The van der Waals surface area contributed by atoms with Gasteiger partial charge in [-0.15, -0.1) is 0 Å². The van der Waals surface area contributed by atoms with Gasteiger partial charge in [0.1, 0.15) is 5.82 Å². The van der Waals surface area contributed by atoms with Crippen LogP contribution in [0.5, 0.6) is 0 Å². The highest BCUT2D eigenvalue weighted by Gasteiger charge is 2.38. The molecule has 0 bridgehead atoms. The van der Waals surface area contributed by atoms with Gasteiger partial charge in [-0.25, -0.2) is 4.98 Å². The first-order valence-corrected chi connectivity index (χ1v) is 18.3. The van der Waals surface area contributed by atoms with E-state index in [1.165, 1.54) is 67.0 Å². The van der Waals surface area contributed by atoms with Crippen LogP contribution in [0.15, 0.2) is 170 Å². The van der Waals surface area contributed by atoms with E-state index >= 15 is 0 Å². The molecule has 252 valence electrons. The van der Waals surface area contributed by atoms with E-state index in [4.69, 9.17) is 4.98 Å². The van der Waals surface area contributed by atoms with E-state index in [0.717, 1.165) is 11.4 Å². The molecule has 0 fully saturated rings. The van der Waals surface area contributed by atoms with E-state index in [0.29, 0.717) is 0 Å². The van der Waals surface area contributed by atoms with Gasteiger partial charge in [-0.3, -0.25) is 4.90 Å². The van der Waals surface area contributed by atoms with Crippen LogP contribution in [-0.4, -0.2) is 4.98 Å². The number of allylic oxidation sites excluding steroid dienone is 1. The number of anilines is 3. The van der Waals surface area contributed by atoms with Crippen LogP contribution in [0, 0.1) is 0 Å². The SMILES string of the molecule is CC1(C)c2ccccc2-c2ccc(C(/C=C/c3ccc4c(c3)C(C)(C)c3ccccc3N4c3ccc(-c4ccccc4)cn3)c3ccccc3)cc21. The lowest BCUT2D eigenvalue weighted by molar-refractivity contribution is 0.631. The second-order valence-corrected chi connectivity index (χ2v) is 15.2. The predicted octanol–water partition coefficient (Wildman–Crippen LogP) is 13.0. The van der Waals surface area contributed by atoms with E-state index in [9.17, 15) is 0 Å². The summed E-state index contributed by atoms with van der Waals surface area (Å²) in [5.74, 6) is 1.03. The number of hydrogen-bond donors (Lipinski definition) is 0. The van der Waals surface area contributed by atoms with Crippen molar-refractivity contribution in [2.45, 2.75) is 44.4 Å². The van der Waals surface area contributed by atoms with Gasteiger partial charge in [-0.05, 0) is 86.0 Å². The van der Waals surface area contributed by atoms with Gasteiger partial charge in [-0.2, -0.15) is 0 Å². The van der Waals surface area contributed by atoms with E-state index in [1.54, 1.807) is 0 Å². The molecule has 0 saturated carbocycles. The number of nitrogens with zero attached hydrogens (tertiary/aromatic N) is 2. The summed E-state index contributed by atoms with van der Waals surface area (Å²) in [6.07, 6.45) is 6.70. The summed E-state index contributed by atoms with van der Waals surface area (Å²) >= 11 is 0. The fourth-order valence-electron chi connectivity index (χ4n) is 8.59. The number of para-hydroxylation sites is 1. The fraction of sp³-hybridized carbons (Fsp3) is 0.140. The van der Waals surface area contributed by atoms with E-state index in [1.807, 2.05) is 12.3 Å². The molecule has 7 aromatic rings. The highest BCUT2D eigenvalue weighted by Crippen LogP contribution is 2.52.